The van der Waals surface area contributed by atoms with Gasteiger partial charge in [-0.3, -0.25) is 4.99 Å². The molecule has 0 aromatic heterocycles. The monoisotopic (exact) mass is 405 g/mol. The Labute approximate surface area is 171 Å². The fraction of sp³-hybridized carbons (Fsp3) is 0.381. The zero-order valence-electron chi connectivity index (χ0n) is 16.6. The number of guanidine groups is 1. The van der Waals surface area contributed by atoms with Gasteiger partial charge in [-0.05, 0) is 41.8 Å². The maximum absolute atomic E-state index is 6.28. The van der Waals surface area contributed by atoms with E-state index in [0.29, 0.717) is 24.8 Å². The Hall–Kier alpha value is -2.44. The average Bonchev–Trinajstić information content (AvgIpc) is 2.72. The minimum atomic E-state index is 0.545. The smallest absolute Gasteiger partial charge is 0.191 e. The first-order chi connectivity index (χ1) is 13.7. The number of methoxy groups -OCH3 is 2. The first-order valence-electron chi connectivity index (χ1n) is 9.14. The van der Waals surface area contributed by atoms with E-state index in [-0.39, 0.29) is 0 Å². The molecule has 2 rings (SSSR count). The minimum absolute atomic E-state index is 0.545. The second-order valence-electron chi connectivity index (χ2n) is 6.05. The van der Waals surface area contributed by atoms with Gasteiger partial charge in [-0.25, -0.2) is 0 Å². The van der Waals surface area contributed by atoms with Crippen molar-refractivity contribution in [2.45, 2.75) is 13.0 Å². The zero-order valence-corrected chi connectivity index (χ0v) is 17.4. The maximum Gasteiger partial charge on any atom is 0.191 e. The highest BCUT2D eigenvalue weighted by atomic mass is 35.5. The molecule has 0 aliphatic carbocycles. The molecule has 28 heavy (non-hydrogen) atoms. The van der Waals surface area contributed by atoms with Crippen LogP contribution in [0.5, 0.6) is 11.5 Å². The molecule has 0 aliphatic heterocycles. The molecular formula is C21H28ClN3O3. The third kappa shape index (κ3) is 7.29. The molecule has 0 heterocycles. The molecule has 0 atom stereocenters. The maximum atomic E-state index is 6.28. The van der Waals surface area contributed by atoms with Crippen LogP contribution in [0.15, 0.2) is 47.5 Å². The van der Waals surface area contributed by atoms with Gasteiger partial charge in [-0.15, -0.1) is 0 Å². The summed E-state index contributed by atoms with van der Waals surface area (Å²) in [6.45, 7) is 2.51. The molecule has 2 aromatic carbocycles. The fourth-order valence-electron chi connectivity index (χ4n) is 2.53. The highest BCUT2D eigenvalue weighted by Gasteiger charge is 2.04. The van der Waals surface area contributed by atoms with E-state index in [1.807, 2.05) is 42.5 Å². The van der Waals surface area contributed by atoms with Crippen molar-refractivity contribution < 1.29 is 14.2 Å². The molecule has 0 unspecified atom stereocenters. The van der Waals surface area contributed by atoms with Gasteiger partial charge in [0, 0.05) is 32.3 Å². The summed E-state index contributed by atoms with van der Waals surface area (Å²) in [5, 5.41) is 7.31. The number of nitrogens with zero attached hydrogens (tertiary/aromatic N) is 1. The fourth-order valence-corrected chi connectivity index (χ4v) is 2.79. The van der Waals surface area contributed by atoms with Gasteiger partial charge < -0.3 is 24.8 Å². The van der Waals surface area contributed by atoms with Gasteiger partial charge in [0.05, 0.1) is 13.7 Å². The molecule has 0 fully saturated rings. The van der Waals surface area contributed by atoms with Crippen molar-refractivity contribution in [2.24, 2.45) is 4.99 Å². The van der Waals surface area contributed by atoms with E-state index in [2.05, 4.69) is 15.6 Å². The largest absolute Gasteiger partial charge is 0.497 e. The van der Waals surface area contributed by atoms with Crippen LogP contribution in [0.2, 0.25) is 5.02 Å². The van der Waals surface area contributed by atoms with Gasteiger partial charge >= 0.3 is 0 Å². The molecular weight excluding hydrogens is 378 g/mol. The Morgan fingerprint density at radius 3 is 2.39 bits per heavy atom. The van der Waals surface area contributed by atoms with Crippen molar-refractivity contribution in [1.29, 1.82) is 0 Å². The molecule has 0 bridgehead atoms. The van der Waals surface area contributed by atoms with Crippen molar-refractivity contribution in [3.8, 4) is 11.5 Å². The second-order valence-corrected chi connectivity index (χ2v) is 6.45. The third-order valence-electron chi connectivity index (χ3n) is 4.11. The predicted octanol–water partition coefficient (Wildman–Crippen LogP) is 3.28. The molecule has 7 heteroatoms. The molecule has 0 saturated carbocycles. The standard InChI is InChI=1S/C21H28ClN3O3/c1-23-21(24-11-10-17-6-9-19(27-3)14-20(17)22)25-15-16-4-7-18(8-5-16)28-13-12-26-2/h4-9,14H,10-13,15H2,1-3H3,(H2,23,24,25). The summed E-state index contributed by atoms with van der Waals surface area (Å²) in [7, 11) is 5.04. The van der Waals surface area contributed by atoms with Crippen LogP contribution in [0, 0.1) is 0 Å². The van der Waals surface area contributed by atoms with Crippen LogP contribution in [-0.4, -0.2) is 47.0 Å². The molecule has 0 radical (unpaired) electrons. The van der Waals surface area contributed by atoms with Crippen LogP contribution in [0.4, 0.5) is 0 Å². The number of nitrogens with one attached hydrogen (secondary N) is 2. The first kappa shape index (κ1) is 21.9. The lowest BCUT2D eigenvalue weighted by Crippen LogP contribution is -2.37. The number of ether oxygens (including phenoxy) is 3. The summed E-state index contributed by atoms with van der Waals surface area (Å²) >= 11 is 6.28. The number of halogens is 1. The highest BCUT2D eigenvalue weighted by molar-refractivity contribution is 6.31. The van der Waals surface area contributed by atoms with Crippen LogP contribution in [0.1, 0.15) is 11.1 Å². The van der Waals surface area contributed by atoms with Crippen LogP contribution in [0.25, 0.3) is 0 Å². The number of hydrogen-bond acceptors (Lipinski definition) is 4. The van der Waals surface area contributed by atoms with Gasteiger partial charge in [0.2, 0.25) is 0 Å². The lowest BCUT2D eigenvalue weighted by atomic mass is 10.1. The van der Waals surface area contributed by atoms with Gasteiger partial charge in [0.15, 0.2) is 5.96 Å². The summed E-state index contributed by atoms with van der Waals surface area (Å²) in [4.78, 5) is 4.25. The Kier molecular flexibility index (Phi) is 9.45. The Balaban J connectivity index is 1.75. The van der Waals surface area contributed by atoms with Crippen molar-refractivity contribution in [2.75, 3.05) is 41.0 Å². The van der Waals surface area contributed by atoms with Gasteiger partial charge in [-0.2, -0.15) is 0 Å². The van der Waals surface area contributed by atoms with E-state index in [9.17, 15) is 0 Å². The second kappa shape index (κ2) is 12.1. The molecule has 2 aromatic rings. The Morgan fingerprint density at radius 2 is 1.75 bits per heavy atom. The quantitative estimate of drug-likeness (QED) is 0.361. The molecule has 2 N–H and O–H groups in total. The van der Waals surface area contributed by atoms with Crippen LogP contribution >= 0.6 is 11.6 Å². The van der Waals surface area contributed by atoms with Gasteiger partial charge in [0.25, 0.3) is 0 Å². The molecule has 0 amide bonds. The van der Waals surface area contributed by atoms with Crippen molar-refractivity contribution in [3.63, 3.8) is 0 Å². The molecule has 6 nitrogen and oxygen atoms in total. The van der Waals surface area contributed by atoms with Crippen molar-refractivity contribution in [1.82, 2.24) is 10.6 Å². The Morgan fingerprint density at radius 1 is 1.00 bits per heavy atom. The first-order valence-corrected chi connectivity index (χ1v) is 9.51. The lowest BCUT2D eigenvalue weighted by Gasteiger charge is -2.13. The average molecular weight is 406 g/mol. The molecule has 0 aliphatic rings. The predicted molar refractivity (Wildman–Crippen MR) is 114 cm³/mol. The number of benzene rings is 2. The number of aliphatic imine (C=N–C) groups is 1. The molecule has 0 saturated heterocycles. The minimum Gasteiger partial charge on any atom is -0.497 e. The molecule has 152 valence electrons. The van der Waals surface area contributed by atoms with Crippen molar-refractivity contribution in [3.05, 3.63) is 58.6 Å². The van der Waals surface area contributed by atoms with E-state index in [1.54, 1.807) is 21.3 Å². The van der Waals surface area contributed by atoms with Crippen LogP contribution < -0.4 is 20.1 Å². The topological polar surface area (TPSA) is 64.1 Å². The van der Waals surface area contributed by atoms with Crippen molar-refractivity contribution >= 4 is 17.6 Å². The van der Waals surface area contributed by atoms with Crippen LogP contribution in [-0.2, 0) is 17.7 Å². The Bertz CT molecular complexity index is 751. The number of rotatable bonds is 10. The normalized spacial score (nSPS) is 11.2. The molecule has 0 spiro atoms. The summed E-state index contributed by atoms with van der Waals surface area (Å²) in [6, 6.07) is 13.7. The van der Waals surface area contributed by atoms with E-state index >= 15 is 0 Å². The van der Waals surface area contributed by atoms with Crippen LogP contribution in [0.3, 0.4) is 0 Å². The lowest BCUT2D eigenvalue weighted by molar-refractivity contribution is 0.146. The van der Waals surface area contributed by atoms with E-state index in [0.717, 1.165) is 41.6 Å². The summed E-state index contributed by atoms with van der Waals surface area (Å²) in [5.74, 6) is 2.33. The number of hydrogen-bond donors (Lipinski definition) is 2. The van der Waals surface area contributed by atoms with Gasteiger partial charge in [-0.1, -0.05) is 29.8 Å². The summed E-state index contributed by atoms with van der Waals surface area (Å²) in [5.41, 5.74) is 2.20. The highest BCUT2D eigenvalue weighted by Crippen LogP contribution is 2.22. The van der Waals surface area contributed by atoms with E-state index in [4.69, 9.17) is 25.8 Å². The van der Waals surface area contributed by atoms with E-state index in [1.165, 1.54) is 0 Å². The van der Waals surface area contributed by atoms with Gasteiger partial charge in [0.1, 0.15) is 18.1 Å². The van der Waals surface area contributed by atoms with E-state index < -0.39 is 0 Å². The summed E-state index contributed by atoms with van der Waals surface area (Å²) in [6.07, 6.45) is 0.789. The summed E-state index contributed by atoms with van der Waals surface area (Å²) < 4.78 is 15.7. The zero-order chi connectivity index (χ0) is 20.2. The SMILES string of the molecule is CN=C(NCCc1ccc(OC)cc1Cl)NCc1ccc(OCCOC)cc1. The third-order valence-corrected chi connectivity index (χ3v) is 4.46.